The van der Waals surface area contributed by atoms with Gasteiger partial charge in [0.25, 0.3) is 0 Å². The van der Waals surface area contributed by atoms with Crippen molar-refractivity contribution in [2.45, 2.75) is 32.3 Å². The van der Waals surface area contributed by atoms with Crippen LogP contribution in [0.5, 0.6) is 5.75 Å². The van der Waals surface area contributed by atoms with E-state index in [1.165, 1.54) is 11.3 Å². The van der Waals surface area contributed by atoms with E-state index in [2.05, 4.69) is 66.1 Å². The molecule has 1 saturated heterocycles. The lowest BCUT2D eigenvalue weighted by molar-refractivity contribution is 0.0658. The van der Waals surface area contributed by atoms with Crippen LogP contribution in [0.3, 0.4) is 0 Å². The fourth-order valence-electron chi connectivity index (χ4n) is 3.60. The van der Waals surface area contributed by atoms with Gasteiger partial charge in [0, 0.05) is 38.4 Å². The fourth-order valence-corrected chi connectivity index (χ4v) is 3.60. The van der Waals surface area contributed by atoms with Crippen LogP contribution >= 0.6 is 0 Å². The Morgan fingerprint density at radius 3 is 2.33 bits per heavy atom. The zero-order chi connectivity index (χ0) is 19.1. The third-order valence-electron chi connectivity index (χ3n) is 5.46. The van der Waals surface area contributed by atoms with E-state index < -0.39 is 6.10 Å². The van der Waals surface area contributed by atoms with Crippen molar-refractivity contribution in [1.82, 2.24) is 4.90 Å². The van der Waals surface area contributed by atoms with Crippen LogP contribution in [0.15, 0.2) is 54.6 Å². The third-order valence-corrected chi connectivity index (χ3v) is 5.46. The summed E-state index contributed by atoms with van der Waals surface area (Å²) in [5.41, 5.74) is 2.51. The molecule has 1 fully saturated rings. The van der Waals surface area contributed by atoms with Crippen molar-refractivity contribution >= 4 is 5.69 Å². The Labute approximate surface area is 163 Å². The van der Waals surface area contributed by atoms with Gasteiger partial charge in [-0.3, -0.25) is 4.90 Å². The van der Waals surface area contributed by atoms with E-state index >= 15 is 0 Å². The number of aliphatic hydroxyl groups is 1. The lowest BCUT2D eigenvalue weighted by atomic mass is 9.98. The van der Waals surface area contributed by atoms with Crippen LogP contribution in [0, 0.1) is 0 Å². The van der Waals surface area contributed by atoms with Crippen molar-refractivity contribution in [3.63, 3.8) is 0 Å². The summed E-state index contributed by atoms with van der Waals surface area (Å²) in [5, 5.41) is 10.5. The van der Waals surface area contributed by atoms with Gasteiger partial charge in [0.15, 0.2) is 0 Å². The van der Waals surface area contributed by atoms with E-state index in [1.807, 2.05) is 12.1 Å². The smallest absolute Gasteiger partial charge is 0.122 e. The van der Waals surface area contributed by atoms with E-state index in [1.54, 1.807) is 0 Å². The number of hydrogen-bond donors (Lipinski definition) is 1. The molecule has 2 aromatic carbocycles. The molecule has 2 aromatic rings. The number of anilines is 1. The average molecular weight is 369 g/mol. The summed E-state index contributed by atoms with van der Waals surface area (Å²) in [6, 6.07) is 18.7. The number of β-amino-alcohol motifs (C(OH)–C–C–N with tert-alkyl or cyclic N) is 1. The minimum absolute atomic E-state index is 0.340. The molecule has 1 N–H and O–H groups in total. The third kappa shape index (κ3) is 5.47. The van der Waals surface area contributed by atoms with Crippen molar-refractivity contribution in [2.24, 2.45) is 0 Å². The lowest BCUT2D eigenvalue weighted by Gasteiger charge is -2.36. The topological polar surface area (TPSA) is 35.9 Å². The Balaban J connectivity index is 1.45. The number of nitrogens with zero attached hydrogens (tertiary/aromatic N) is 2. The van der Waals surface area contributed by atoms with E-state index in [9.17, 15) is 5.11 Å². The molecular formula is C23H32N2O2. The van der Waals surface area contributed by atoms with Crippen LogP contribution in [0.25, 0.3) is 0 Å². The van der Waals surface area contributed by atoms with Gasteiger partial charge in [0.1, 0.15) is 18.5 Å². The van der Waals surface area contributed by atoms with E-state index in [-0.39, 0.29) is 0 Å². The molecule has 0 aliphatic carbocycles. The van der Waals surface area contributed by atoms with E-state index in [4.69, 9.17) is 4.74 Å². The van der Waals surface area contributed by atoms with Gasteiger partial charge in [0.2, 0.25) is 0 Å². The first-order chi connectivity index (χ1) is 13.2. The summed E-state index contributed by atoms with van der Waals surface area (Å²) in [7, 11) is 0. The Morgan fingerprint density at radius 1 is 0.963 bits per heavy atom. The second-order valence-electron chi connectivity index (χ2n) is 7.44. The molecule has 4 nitrogen and oxygen atoms in total. The summed E-state index contributed by atoms with van der Waals surface area (Å²) >= 11 is 0. The summed E-state index contributed by atoms with van der Waals surface area (Å²) in [6.07, 6.45) is 0.604. The van der Waals surface area contributed by atoms with E-state index in [0.29, 0.717) is 19.1 Å². The summed E-state index contributed by atoms with van der Waals surface area (Å²) in [6.45, 7) is 9.32. The Kier molecular flexibility index (Phi) is 7.13. The predicted molar refractivity (Wildman–Crippen MR) is 112 cm³/mol. The van der Waals surface area contributed by atoms with Crippen LogP contribution in [-0.2, 0) is 0 Å². The van der Waals surface area contributed by atoms with Gasteiger partial charge in [-0.25, -0.2) is 0 Å². The molecule has 2 atom stereocenters. The predicted octanol–water partition coefficient (Wildman–Crippen LogP) is 3.76. The molecule has 0 aromatic heterocycles. The van der Waals surface area contributed by atoms with Crippen LogP contribution in [0.1, 0.15) is 31.7 Å². The van der Waals surface area contributed by atoms with Crippen LogP contribution in [0.2, 0.25) is 0 Å². The number of aliphatic hydroxyl groups excluding tert-OH is 1. The largest absolute Gasteiger partial charge is 0.491 e. The molecule has 4 heteroatoms. The highest BCUT2D eigenvalue weighted by molar-refractivity contribution is 5.46. The molecular weight excluding hydrogens is 336 g/mol. The average Bonchev–Trinajstić information content (AvgIpc) is 2.73. The van der Waals surface area contributed by atoms with Gasteiger partial charge in [-0.15, -0.1) is 0 Å². The van der Waals surface area contributed by atoms with Crippen LogP contribution in [0.4, 0.5) is 5.69 Å². The first kappa shape index (κ1) is 19.7. The maximum Gasteiger partial charge on any atom is 0.122 e. The quantitative estimate of drug-likeness (QED) is 0.770. The summed E-state index contributed by atoms with van der Waals surface area (Å²) in [4.78, 5) is 4.73. The Morgan fingerprint density at radius 2 is 1.63 bits per heavy atom. The maximum atomic E-state index is 10.5. The number of ether oxygens (including phenoxy) is 1. The maximum absolute atomic E-state index is 10.5. The minimum atomic E-state index is -0.474. The molecule has 0 bridgehead atoms. The second-order valence-corrected chi connectivity index (χ2v) is 7.44. The van der Waals surface area contributed by atoms with Gasteiger partial charge >= 0.3 is 0 Å². The standard InChI is InChI=1S/C23H32N2O2/c1-3-19(2)22-11-7-8-12-23(22)27-18-21(26)17-24-13-15-25(16-14-24)20-9-5-4-6-10-20/h4-12,19,21,26H,3,13-18H2,1-2H3/t19-,21+/m1/s1. The molecule has 0 saturated carbocycles. The number of para-hydroxylation sites is 2. The molecule has 146 valence electrons. The van der Waals surface area contributed by atoms with Gasteiger partial charge in [-0.1, -0.05) is 50.2 Å². The second kappa shape index (κ2) is 9.77. The summed E-state index contributed by atoms with van der Waals surface area (Å²) in [5.74, 6) is 1.37. The molecule has 1 aliphatic heterocycles. The molecule has 0 amide bonds. The number of hydrogen-bond acceptors (Lipinski definition) is 4. The highest BCUT2D eigenvalue weighted by Gasteiger charge is 2.20. The zero-order valence-electron chi connectivity index (χ0n) is 16.6. The lowest BCUT2D eigenvalue weighted by Crippen LogP contribution is -2.49. The normalized spacial score (nSPS) is 17.5. The molecule has 27 heavy (non-hydrogen) atoms. The molecule has 0 radical (unpaired) electrons. The fraction of sp³-hybridized carbons (Fsp3) is 0.478. The molecule has 0 spiro atoms. The zero-order valence-corrected chi connectivity index (χ0v) is 16.6. The van der Waals surface area contributed by atoms with Gasteiger partial charge in [-0.05, 0) is 36.1 Å². The summed E-state index contributed by atoms with van der Waals surface area (Å²) < 4.78 is 5.97. The van der Waals surface area contributed by atoms with Crippen LogP contribution < -0.4 is 9.64 Å². The highest BCUT2D eigenvalue weighted by atomic mass is 16.5. The van der Waals surface area contributed by atoms with Crippen LogP contribution in [-0.4, -0.2) is 55.4 Å². The van der Waals surface area contributed by atoms with Gasteiger partial charge in [0.05, 0.1) is 0 Å². The molecule has 1 heterocycles. The molecule has 1 aliphatic rings. The molecule has 0 unspecified atom stereocenters. The molecule has 3 rings (SSSR count). The Hall–Kier alpha value is -2.04. The first-order valence-corrected chi connectivity index (χ1v) is 10.1. The number of benzene rings is 2. The first-order valence-electron chi connectivity index (χ1n) is 10.1. The number of rotatable bonds is 8. The highest BCUT2D eigenvalue weighted by Crippen LogP contribution is 2.28. The van der Waals surface area contributed by atoms with Gasteiger partial charge in [-0.2, -0.15) is 0 Å². The van der Waals surface area contributed by atoms with Crippen molar-refractivity contribution in [1.29, 1.82) is 0 Å². The SMILES string of the molecule is CC[C@@H](C)c1ccccc1OC[C@@H](O)CN1CCN(c2ccccc2)CC1. The van der Waals surface area contributed by atoms with Crippen molar-refractivity contribution in [3.8, 4) is 5.75 Å². The monoisotopic (exact) mass is 368 g/mol. The van der Waals surface area contributed by atoms with Gasteiger partial charge < -0.3 is 14.7 Å². The Bertz CT molecular complexity index is 684. The van der Waals surface area contributed by atoms with Crippen molar-refractivity contribution in [3.05, 3.63) is 60.2 Å². The number of piperazine rings is 1. The van der Waals surface area contributed by atoms with Crippen molar-refractivity contribution in [2.75, 3.05) is 44.2 Å². The van der Waals surface area contributed by atoms with Crippen molar-refractivity contribution < 1.29 is 9.84 Å². The van der Waals surface area contributed by atoms with E-state index in [0.717, 1.165) is 38.3 Å². The minimum Gasteiger partial charge on any atom is -0.491 e.